The molecule has 0 bridgehead atoms. The van der Waals surface area contributed by atoms with Crippen molar-refractivity contribution in [3.8, 4) is 11.5 Å². The number of fused-ring (bicyclic) bond motifs is 2. The van der Waals surface area contributed by atoms with Crippen LogP contribution in [0.5, 0.6) is 11.5 Å². The lowest BCUT2D eigenvalue weighted by molar-refractivity contribution is 0.151. The number of nitrogens with one attached hydrogen (secondary N) is 1. The summed E-state index contributed by atoms with van der Waals surface area (Å²) >= 11 is 0. The van der Waals surface area contributed by atoms with Gasteiger partial charge in [-0.05, 0) is 93.1 Å². The highest BCUT2D eigenvalue weighted by molar-refractivity contribution is 5.76. The molecule has 1 aromatic carbocycles. The number of hydrogen-bond donors (Lipinski definition) is 1. The summed E-state index contributed by atoms with van der Waals surface area (Å²) in [6.45, 7) is 6.04. The number of methoxy groups -OCH3 is 1. The minimum absolute atomic E-state index is 0.716. The van der Waals surface area contributed by atoms with Gasteiger partial charge < -0.3 is 14.8 Å². The predicted molar refractivity (Wildman–Crippen MR) is 150 cm³/mol. The Morgan fingerprint density at radius 3 is 2.64 bits per heavy atom. The molecule has 0 saturated carbocycles. The molecule has 1 N–H and O–H groups in total. The van der Waals surface area contributed by atoms with Crippen LogP contribution in [-0.2, 0) is 11.3 Å². The molecule has 5 heterocycles. The number of benzene rings is 1. The number of ether oxygens (including phenoxy) is 2. The monoisotopic (exact) mass is 526 g/mol. The van der Waals surface area contributed by atoms with Crippen molar-refractivity contribution in [2.24, 2.45) is 5.92 Å². The molecule has 10 heteroatoms. The molecule has 39 heavy (non-hydrogen) atoms. The van der Waals surface area contributed by atoms with E-state index in [0.29, 0.717) is 5.75 Å². The third-order valence-corrected chi connectivity index (χ3v) is 7.52. The number of aromatic nitrogens is 6. The third-order valence-electron chi connectivity index (χ3n) is 7.52. The van der Waals surface area contributed by atoms with E-state index < -0.39 is 0 Å². The zero-order valence-corrected chi connectivity index (χ0v) is 22.5. The number of likely N-dealkylation sites (tertiary alicyclic amines) is 1. The molecule has 10 nitrogen and oxygen atoms in total. The van der Waals surface area contributed by atoms with Crippen molar-refractivity contribution in [1.29, 1.82) is 0 Å². The summed E-state index contributed by atoms with van der Waals surface area (Å²) in [5.74, 6) is 3.10. The van der Waals surface area contributed by atoms with Gasteiger partial charge in [0, 0.05) is 44.4 Å². The predicted octanol–water partition coefficient (Wildman–Crippen LogP) is 5.25. The van der Waals surface area contributed by atoms with Crippen LogP contribution in [0.2, 0.25) is 0 Å². The van der Waals surface area contributed by atoms with E-state index in [1.165, 1.54) is 31.2 Å². The highest BCUT2D eigenvalue weighted by Gasteiger charge is 2.21. The van der Waals surface area contributed by atoms with Gasteiger partial charge in [0.2, 0.25) is 0 Å². The van der Waals surface area contributed by atoms with Gasteiger partial charge in [0.15, 0.2) is 11.5 Å². The van der Waals surface area contributed by atoms with Crippen LogP contribution in [0.4, 0.5) is 11.5 Å². The number of nitrogens with zero attached hydrogens (tertiary/aromatic N) is 7. The molecule has 4 aromatic heterocycles. The molecule has 0 spiro atoms. The van der Waals surface area contributed by atoms with E-state index in [-0.39, 0.29) is 0 Å². The molecule has 5 aromatic rings. The Morgan fingerprint density at radius 2 is 1.79 bits per heavy atom. The molecular weight excluding hydrogens is 492 g/mol. The smallest absolute Gasteiger partial charge is 0.158 e. The highest BCUT2D eigenvalue weighted by Crippen LogP contribution is 2.31. The summed E-state index contributed by atoms with van der Waals surface area (Å²) in [4.78, 5) is 11.4. The Hall–Kier alpha value is -4.02. The second kappa shape index (κ2) is 11.4. The molecule has 6 rings (SSSR count). The van der Waals surface area contributed by atoms with E-state index >= 15 is 0 Å². The van der Waals surface area contributed by atoms with Crippen molar-refractivity contribution in [2.75, 3.05) is 32.1 Å². The maximum absolute atomic E-state index is 6.14. The lowest BCUT2D eigenvalue weighted by Gasteiger charge is -2.31. The molecule has 0 atom stereocenters. The number of rotatable bonds is 10. The van der Waals surface area contributed by atoms with Crippen LogP contribution in [0.1, 0.15) is 36.8 Å². The average Bonchev–Trinajstić information content (AvgIpc) is 3.59. The normalized spacial score (nSPS) is 14.8. The number of aryl methyl sites for hydroxylation is 1. The van der Waals surface area contributed by atoms with E-state index in [2.05, 4.69) is 42.5 Å². The van der Waals surface area contributed by atoms with Crippen LogP contribution in [0.25, 0.3) is 11.2 Å². The minimum Gasteiger partial charge on any atom is -0.457 e. The standard InChI is InChI=1S/C29H34N8O2/c1-21-16-24(5-6-26(21)39-25-10-14-36-27(17-25)30-19-32-36)34-29-28-23(9-13-37(28)33-20-31-29)18-35-11-7-22(8-12-35)4-3-15-38-2/h5-6,9-10,13-14,16-17,19-20,22H,3-4,7-8,11-12,15,18H2,1-2H3,(H,31,33,34). The Balaban J connectivity index is 1.14. The molecule has 1 fully saturated rings. The van der Waals surface area contributed by atoms with Crippen LogP contribution in [-0.4, -0.2) is 60.9 Å². The first-order valence-electron chi connectivity index (χ1n) is 13.5. The Morgan fingerprint density at radius 1 is 0.974 bits per heavy atom. The van der Waals surface area contributed by atoms with Gasteiger partial charge in [0.1, 0.15) is 29.7 Å². The fourth-order valence-corrected chi connectivity index (χ4v) is 5.39. The Kier molecular flexibility index (Phi) is 7.38. The van der Waals surface area contributed by atoms with Gasteiger partial charge in [-0.1, -0.05) is 0 Å². The van der Waals surface area contributed by atoms with Crippen LogP contribution in [0.15, 0.2) is 61.4 Å². The summed E-state index contributed by atoms with van der Waals surface area (Å²) < 4.78 is 15.0. The van der Waals surface area contributed by atoms with Gasteiger partial charge in [-0.2, -0.15) is 10.2 Å². The zero-order chi connectivity index (χ0) is 26.6. The zero-order valence-electron chi connectivity index (χ0n) is 22.5. The van der Waals surface area contributed by atoms with Crippen LogP contribution >= 0.6 is 0 Å². The molecule has 202 valence electrons. The van der Waals surface area contributed by atoms with Crippen molar-refractivity contribution >= 4 is 22.7 Å². The first-order chi connectivity index (χ1) is 19.2. The van der Waals surface area contributed by atoms with Crippen molar-refractivity contribution < 1.29 is 9.47 Å². The van der Waals surface area contributed by atoms with Gasteiger partial charge in [-0.25, -0.2) is 19.0 Å². The summed E-state index contributed by atoms with van der Waals surface area (Å²) in [5, 5.41) is 12.1. The summed E-state index contributed by atoms with van der Waals surface area (Å²) in [7, 11) is 1.78. The highest BCUT2D eigenvalue weighted by atomic mass is 16.5. The molecular formula is C29H34N8O2. The third kappa shape index (κ3) is 5.71. The summed E-state index contributed by atoms with van der Waals surface area (Å²) in [6.07, 6.45) is 11.9. The van der Waals surface area contributed by atoms with Gasteiger partial charge >= 0.3 is 0 Å². The lowest BCUT2D eigenvalue weighted by Crippen LogP contribution is -2.33. The topological polar surface area (TPSA) is 94.1 Å². The maximum Gasteiger partial charge on any atom is 0.158 e. The molecule has 0 radical (unpaired) electrons. The van der Waals surface area contributed by atoms with Gasteiger partial charge in [-0.15, -0.1) is 0 Å². The molecule has 0 unspecified atom stereocenters. The number of anilines is 2. The van der Waals surface area contributed by atoms with Crippen molar-refractivity contribution in [1.82, 2.24) is 34.1 Å². The van der Waals surface area contributed by atoms with Gasteiger partial charge in [0.25, 0.3) is 0 Å². The van der Waals surface area contributed by atoms with Crippen LogP contribution < -0.4 is 10.1 Å². The lowest BCUT2D eigenvalue weighted by atomic mass is 9.92. The molecule has 1 aliphatic heterocycles. The fraction of sp³-hybridized carbons (Fsp3) is 0.379. The number of pyridine rings is 1. The van der Waals surface area contributed by atoms with Crippen molar-refractivity contribution in [2.45, 2.75) is 39.2 Å². The van der Waals surface area contributed by atoms with Crippen molar-refractivity contribution in [3.63, 3.8) is 0 Å². The average molecular weight is 527 g/mol. The fourth-order valence-electron chi connectivity index (χ4n) is 5.39. The van der Waals surface area contributed by atoms with E-state index in [1.54, 1.807) is 18.0 Å². The molecule has 1 saturated heterocycles. The van der Waals surface area contributed by atoms with Crippen molar-refractivity contribution in [3.05, 3.63) is 72.6 Å². The van der Waals surface area contributed by atoms with E-state index in [1.807, 2.05) is 48.1 Å². The maximum atomic E-state index is 6.14. The Labute approximate surface area is 227 Å². The minimum atomic E-state index is 0.716. The molecule has 0 aliphatic carbocycles. The Bertz CT molecular complexity index is 1550. The van der Waals surface area contributed by atoms with Gasteiger partial charge in [0.05, 0.1) is 0 Å². The second-order valence-electron chi connectivity index (χ2n) is 10.2. The molecule has 0 amide bonds. The van der Waals surface area contributed by atoms with Gasteiger partial charge in [-0.3, -0.25) is 4.90 Å². The first kappa shape index (κ1) is 25.3. The first-order valence-corrected chi connectivity index (χ1v) is 13.5. The second-order valence-corrected chi connectivity index (χ2v) is 10.2. The van der Waals surface area contributed by atoms with E-state index in [0.717, 1.165) is 72.6 Å². The largest absolute Gasteiger partial charge is 0.457 e. The van der Waals surface area contributed by atoms with E-state index in [4.69, 9.17) is 9.47 Å². The summed E-state index contributed by atoms with van der Waals surface area (Å²) in [5.41, 5.74) is 4.94. The number of hydrogen-bond acceptors (Lipinski definition) is 8. The van der Waals surface area contributed by atoms with E-state index in [9.17, 15) is 0 Å². The SMILES string of the molecule is COCCCC1CCN(Cc2ccn3ncnc(Nc4ccc(Oc5ccn6ncnc6c5)c(C)c4)c23)CC1. The van der Waals surface area contributed by atoms with Crippen LogP contribution in [0, 0.1) is 12.8 Å². The van der Waals surface area contributed by atoms with Crippen LogP contribution in [0.3, 0.4) is 0 Å². The molecule has 1 aliphatic rings. The number of piperidine rings is 1. The summed E-state index contributed by atoms with van der Waals surface area (Å²) in [6, 6.07) is 12.0. The quantitative estimate of drug-likeness (QED) is 0.247.